The van der Waals surface area contributed by atoms with Crippen LogP contribution in [0.3, 0.4) is 0 Å². The molecule has 0 spiro atoms. The first-order valence-corrected chi connectivity index (χ1v) is 11.6. The summed E-state index contributed by atoms with van der Waals surface area (Å²) in [6.07, 6.45) is 0.766. The standard InChI is InChI=1S/C23H16Cl3N3O2S/c24-17-5-1-15(2-6-17)11-12-28-22(16-3-8-19(9-4-16)29(30)31)14-32-23(28)27-18-7-10-20(25)21(26)13-18/h1-10,13-14H,11-12H2. The van der Waals surface area contributed by atoms with Crippen molar-refractivity contribution in [1.82, 2.24) is 4.57 Å². The molecule has 0 atom stereocenters. The van der Waals surface area contributed by atoms with Gasteiger partial charge < -0.3 is 4.57 Å². The molecule has 0 aliphatic rings. The van der Waals surface area contributed by atoms with Crippen LogP contribution in [0.15, 0.2) is 77.1 Å². The highest BCUT2D eigenvalue weighted by atomic mass is 35.5. The number of hydrogen-bond acceptors (Lipinski definition) is 4. The number of non-ortho nitro benzene ring substituents is 1. The van der Waals surface area contributed by atoms with Crippen LogP contribution in [-0.4, -0.2) is 9.49 Å². The van der Waals surface area contributed by atoms with Crippen LogP contribution in [0.25, 0.3) is 11.3 Å². The van der Waals surface area contributed by atoms with Crippen molar-refractivity contribution in [2.75, 3.05) is 0 Å². The van der Waals surface area contributed by atoms with Crippen molar-refractivity contribution >= 4 is 57.5 Å². The zero-order valence-electron chi connectivity index (χ0n) is 16.5. The van der Waals surface area contributed by atoms with Crippen molar-refractivity contribution in [3.8, 4) is 11.3 Å². The van der Waals surface area contributed by atoms with Crippen molar-refractivity contribution in [2.24, 2.45) is 4.99 Å². The number of benzene rings is 3. The van der Waals surface area contributed by atoms with Gasteiger partial charge in [0.05, 0.1) is 26.3 Å². The number of nitro groups is 1. The van der Waals surface area contributed by atoms with Crippen LogP contribution in [0.5, 0.6) is 0 Å². The zero-order valence-corrected chi connectivity index (χ0v) is 19.6. The fourth-order valence-corrected chi connectivity index (χ4v) is 4.55. The Hall–Kier alpha value is -2.64. The van der Waals surface area contributed by atoms with Gasteiger partial charge in [0.25, 0.3) is 5.69 Å². The molecule has 1 heterocycles. The van der Waals surface area contributed by atoms with E-state index < -0.39 is 4.92 Å². The molecule has 3 aromatic carbocycles. The summed E-state index contributed by atoms with van der Waals surface area (Å²) >= 11 is 19.7. The van der Waals surface area contributed by atoms with Crippen molar-refractivity contribution in [1.29, 1.82) is 0 Å². The van der Waals surface area contributed by atoms with E-state index >= 15 is 0 Å². The molecule has 0 saturated carbocycles. The molecule has 1 aromatic heterocycles. The van der Waals surface area contributed by atoms with Gasteiger partial charge in [-0.1, -0.05) is 46.9 Å². The van der Waals surface area contributed by atoms with Gasteiger partial charge in [-0.15, -0.1) is 11.3 Å². The molecule has 162 valence electrons. The molecular weight excluding hydrogens is 489 g/mol. The fraction of sp³-hybridized carbons (Fsp3) is 0.0870. The van der Waals surface area contributed by atoms with Gasteiger partial charge in [-0.25, -0.2) is 4.99 Å². The van der Waals surface area contributed by atoms with Crippen LogP contribution < -0.4 is 4.80 Å². The van der Waals surface area contributed by atoms with Crippen LogP contribution in [0, 0.1) is 10.1 Å². The predicted octanol–water partition coefficient (Wildman–Crippen LogP) is 7.56. The minimum Gasteiger partial charge on any atom is -0.316 e. The molecule has 0 bridgehead atoms. The Morgan fingerprint density at radius 1 is 0.938 bits per heavy atom. The molecule has 0 fully saturated rings. The van der Waals surface area contributed by atoms with E-state index in [9.17, 15) is 10.1 Å². The van der Waals surface area contributed by atoms with E-state index in [-0.39, 0.29) is 5.69 Å². The summed E-state index contributed by atoms with van der Waals surface area (Å²) in [5, 5.41) is 14.6. The number of nitrogens with zero attached hydrogens (tertiary/aromatic N) is 3. The van der Waals surface area contributed by atoms with Gasteiger partial charge in [-0.05, 0) is 60.0 Å². The zero-order chi connectivity index (χ0) is 22.7. The molecular formula is C23H16Cl3N3O2S. The molecule has 0 aliphatic heterocycles. The van der Waals surface area contributed by atoms with E-state index in [1.165, 1.54) is 23.5 Å². The molecule has 0 amide bonds. The van der Waals surface area contributed by atoms with E-state index in [1.54, 1.807) is 24.3 Å². The first-order valence-electron chi connectivity index (χ1n) is 9.58. The number of halogens is 3. The number of rotatable bonds is 6. The average molecular weight is 505 g/mol. The quantitative estimate of drug-likeness (QED) is 0.201. The molecule has 0 N–H and O–H groups in total. The summed E-state index contributed by atoms with van der Waals surface area (Å²) in [4.78, 5) is 16.2. The van der Waals surface area contributed by atoms with Crippen molar-refractivity contribution in [3.05, 3.63) is 108 Å². The number of hydrogen-bond donors (Lipinski definition) is 0. The minimum atomic E-state index is -0.406. The van der Waals surface area contributed by atoms with Gasteiger partial charge in [0, 0.05) is 29.1 Å². The third-order valence-electron chi connectivity index (χ3n) is 4.84. The third-order valence-corrected chi connectivity index (χ3v) is 6.69. The lowest BCUT2D eigenvalue weighted by Gasteiger charge is -2.10. The smallest absolute Gasteiger partial charge is 0.269 e. The maximum atomic E-state index is 11.0. The van der Waals surface area contributed by atoms with Crippen molar-refractivity contribution in [2.45, 2.75) is 13.0 Å². The number of nitro benzene ring substituents is 1. The SMILES string of the molecule is O=[N+]([O-])c1ccc(-c2csc(=Nc3ccc(Cl)c(Cl)c3)n2CCc2ccc(Cl)cc2)cc1. The lowest BCUT2D eigenvalue weighted by atomic mass is 10.1. The Morgan fingerprint density at radius 3 is 2.31 bits per heavy atom. The largest absolute Gasteiger partial charge is 0.316 e. The molecule has 0 radical (unpaired) electrons. The lowest BCUT2D eigenvalue weighted by Crippen LogP contribution is -2.17. The molecule has 5 nitrogen and oxygen atoms in total. The number of thiazole rings is 1. The topological polar surface area (TPSA) is 60.4 Å². The van der Waals surface area contributed by atoms with Crippen LogP contribution in [0.2, 0.25) is 15.1 Å². The van der Waals surface area contributed by atoms with Gasteiger partial charge in [0.1, 0.15) is 0 Å². The first kappa shape index (κ1) is 22.6. The van der Waals surface area contributed by atoms with E-state index in [2.05, 4.69) is 4.57 Å². The van der Waals surface area contributed by atoms with E-state index in [0.717, 1.165) is 28.0 Å². The Balaban J connectivity index is 1.75. The number of aryl methyl sites for hydroxylation is 1. The summed E-state index contributed by atoms with van der Waals surface area (Å²) in [6, 6.07) is 19.5. The Morgan fingerprint density at radius 2 is 1.66 bits per heavy atom. The summed E-state index contributed by atoms with van der Waals surface area (Å²) in [6.45, 7) is 0.664. The summed E-state index contributed by atoms with van der Waals surface area (Å²) in [5.41, 5.74) is 3.69. The minimum absolute atomic E-state index is 0.0532. The van der Waals surface area contributed by atoms with Crippen molar-refractivity contribution < 1.29 is 4.92 Å². The Labute approximate surface area is 203 Å². The third kappa shape index (κ3) is 5.22. The summed E-state index contributed by atoms with van der Waals surface area (Å²) in [5.74, 6) is 0. The predicted molar refractivity (Wildman–Crippen MR) is 131 cm³/mol. The second-order valence-electron chi connectivity index (χ2n) is 6.95. The van der Waals surface area contributed by atoms with Crippen LogP contribution in [0.4, 0.5) is 11.4 Å². The monoisotopic (exact) mass is 503 g/mol. The molecule has 9 heteroatoms. The van der Waals surface area contributed by atoms with Crippen molar-refractivity contribution in [3.63, 3.8) is 0 Å². The van der Waals surface area contributed by atoms with Crippen LogP contribution in [-0.2, 0) is 13.0 Å². The maximum absolute atomic E-state index is 11.0. The molecule has 0 saturated heterocycles. The first-order chi connectivity index (χ1) is 15.4. The average Bonchev–Trinajstić information content (AvgIpc) is 3.18. The van der Waals surface area contributed by atoms with Gasteiger partial charge >= 0.3 is 0 Å². The van der Waals surface area contributed by atoms with Gasteiger partial charge in [0.2, 0.25) is 0 Å². The highest BCUT2D eigenvalue weighted by Crippen LogP contribution is 2.27. The van der Waals surface area contributed by atoms with Crippen LogP contribution >= 0.6 is 46.1 Å². The Bertz CT molecular complexity index is 1330. The van der Waals surface area contributed by atoms with Gasteiger partial charge in [-0.3, -0.25) is 10.1 Å². The second kappa shape index (κ2) is 9.88. The maximum Gasteiger partial charge on any atom is 0.269 e. The molecule has 0 unspecified atom stereocenters. The van der Waals surface area contributed by atoms with Gasteiger partial charge in [-0.2, -0.15) is 0 Å². The second-order valence-corrected chi connectivity index (χ2v) is 9.03. The fourth-order valence-electron chi connectivity index (χ4n) is 3.18. The van der Waals surface area contributed by atoms with Crippen LogP contribution in [0.1, 0.15) is 5.56 Å². The molecule has 4 rings (SSSR count). The Kier molecular flexibility index (Phi) is 6.96. The van der Waals surface area contributed by atoms with E-state index in [1.807, 2.05) is 35.7 Å². The normalized spacial score (nSPS) is 11.7. The summed E-state index contributed by atoms with van der Waals surface area (Å²) in [7, 11) is 0. The summed E-state index contributed by atoms with van der Waals surface area (Å²) < 4.78 is 2.10. The highest BCUT2D eigenvalue weighted by molar-refractivity contribution is 7.07. The molecule has 4 aromatic rings. The van der Waals surface area contributed by atoms with Gasteiger partial charge in [0.15, 0.2) is 4.80 Å². The lowest BCUT2D eigenvalue weighted by molar-refractivity contribution is -0.384. The molecule has 32 heavy (non-hydrogen) atoms. The van der Waals surface area contributed by atoms with E-state index in [0.29, 0.717) is 27.3 Å². The number of aromatic nitrogens is 1. The highest BCUT2D eigenvalue weighted by Gasteiger charge is 2.11. The molecule has 0 aliphatic carbocycles. The van der Waals surface area contributed by atoms with E-state index in [4.69, 9.17) is 39.8 Å².